The highest BCUT2D eigenvalue weighted by Crippen LogP contribution is 2.13. The zero-order valence-corrected chi connectivity index (χ0v) is 7.68. The minimum absolute atomic E-state index is 0.116. The summed E-state index contributed by atoms with van der Waals surface area (Å²) in [5, 5.41) is 1.95. The van der Waals surface area contributed by atoms with Crippen molar-refractivity contribution < 1.29 is 0 Å². The van der Waals surface area contributed by atoms with Crippen molar-refractivity contribution >= 4 is 16.2 Å². The number of nitrogens with zero attached hydrogens (tertiary/aromatic N) is 2. The van der Waals surface area contributed by atoms with E-state index in [1.165, 1.54) is 0 Å². The summed E-state index contributed by atoms with van der Waals surface area (Å²) >= 11 is 1.57. The lowest BCUT2D eigenvalue weighted by Crippen LogP contribution is -2.13. The maximum atomic E-state index is 11.2. The monoisotopic (exact) mass is 180 g/mol. The van der Waals surface area contributed by atoms with Crippen molar-refractivity contribution in [3.05, 3.63) is 33.3 Å². The molecular weight excluding hydrogens is 172 g/mol. The molecule has 0 atom stereocenters. The van der Waals surface area contributed by atoms with Gasteiger partial charge in [0.05, 0.1) is 5.56 Å². The van der Waals surface area contributed by atoms with Crippen LogP contribution in [-0.4, -0.2) is 9.38 Å². The van der Waals surface area contributed by atoms with Crippen molar-refractivity contribution in [3.63, 3.8) is 0 Å². The van der Waals surface area contributed by atoms with Crippen LogP contribution in [0.4, 0.5) is 0 Å². The quantitative estimate of drug-likeness (QED) is 0.613. The van der Waals surface area contributed by atoms with Crippen molar-refractivity contribution in [1.29, 1.82) is 0 Å². The predicted molar refractivity (Wildman–Crippen MR) is 48.8 cm³/mol. The molecule has 0 fully saturated rings. The van der Waals surface area contributed by atoms with E-state index in [0.29, 0.717) is 0 Å². The number of rotatable bonds is 0. The van der Waals surface area contributed by atoms with Crippen LogP contribution < -0.4 is 5.56 Å². The first-order chi connectivity index (χ1) is 5.70. The Bertz CT molecular complexity index is 483. The van der Waals surface area contributed by atoms with Crippen LogP contribution in [-0.2, 0) is 0 Å². The van der Waals surface area contributed by atoms with E-state index >= 15 is 0 Å². The minimum Gasteiger partial charge on any atom is -0.295 e. The standard InChI is InChI=1S/C8H8N2OS/c1-5-7(11)9-6(2)10-3-4-12-8(5)10/h3-4H,1-2H3. The van der Waals surface area contributed by atoms with Crippen molar-refractivity contribution in [3.8, 4) is 0 Å². The third-order valence-electron chi connectivity index (χ3n) is 1.86. The number of hydrogen-bond acceptors (Lipinski definition) is 3. The topological polar surface area (TPSA) is 34.4 Å². The SMILES string of the molecule is Cc1c(=O)nc(C)n2ccsc12. The molecule has 0 aliphatic carbocycles. The van der Waals surface area contributed by atoms with Gasteiger partial charge in [-0.15, -0.1) is 11.3 Å². The van der Waals surface area contributed by atoms with Gasteiger partial charge < -0.3 is 0 Å². The second-order valence-corrected chi connectivity index (χ2v) is 3.56. The predicted octanol–water partition coefficient (Wildman–Crippen LogP) is 1.37. The lowest BCUT2D eigenvalue weighted by Gasteiger charge is -1.99. The zero-order chi connectivity index (χ0) is 8.72. The van der Waals surface area contributed by atoms with Gasteiger partial charge >= 0.3 is 0 Å². The van der Waals surface area contributed by atoms with E-state index in [1.54, 1.807) is 18.3 Å². The Morgan fingerprint density at radius 3 is 3.00 bits per heavy atom. The molecule has 0 saturated carbocycles. The molecule has 0 unspecified atom stereocenters. The Balaban J connectivity index is 3.07. The van der Waals surface area contributed by atoms with E-state index < -0.39 is 0 Å². The average molecular weight is 180 g/mol. The van der Waals surface area contributed by atoms with E-state index in [4.69, 9.17) is 0 Å². The van der Waals surface area contributed by atoms with Gasteiger partial charge in [-0.2, -0.15) is 4.98 Å². The van der Waals surface area contributed by atoms with Crippen LogP contribution in [0.5, 0.6) is 0 Å². The van der Waals surface area contributed by atoms with Gasteiger partial charge in [-0.05, 0) is 13.8 Å². The second kappa shape index (κ2) is 2.42. The molecule has 2 rings (SSSR count). The third-order valence-corrected chi connectivity index (χ3v) is 2.85. The fraction of sp³-hybridized carbons (Fsp3) is 0.250. The number of aryl methyl sites for hydroxylation is 2. The highest BCUT2D eigenvalue weighted by Gasteiger charge is 2.04. The molecule has 0 spiro atoms. The van der Waals surface area contributed by atoms with E-state index in [1.807, 2.05) is 22.9 Å². The lowest BCUT2D eigenvalue weighted by molar-refractivity contribution is 0.957. The maximum Gasteiger partial charge on any atom is 0.277 e. The molecule has 2 aromatic rings. The first-order valence-electron chi connectivity index (χ1n) is 3.63. The summed E-state index contributed by atoms with van der Waals surface area (Å²) in [6.45, 7) is 3.64. The van der Waals surface area contributed by atoms with Crippen molar-refractivity contribution in [1.82, 2.24) is 9.38 Å². The third kappa shape index (κ3) is 0.881. The van der Waals surface area contributed by atoms with E-state index in [2.05, 4.69) is 4.98 Å². The van der Waals surface area contributed by atoms with E-state index in [-0.39, 0.29) is 5.56 Å². The van der Waals surface area contributed by atoms with Gasteiger partial charge in [0, 0.05) is 11.6 Å². The largest absolute Gasteiger partial charge is 0.295 e. The molecule has 0 radical (unpaired) electrons. The normalized spacial score (nSPS) is 10.8. The van der Waals surface area contributed by atoms with Gasteiger partial charge in [0.15, 0.2) is 0 Å². The summed E-state index contributed by atoms with van der Waals surface area (Å²) in [6, 6.07) is 0. The van der Waals surface area contributed by atoms with Crippen LogP contribution in [0.2, 0.25) is 0 Å². The number of aromatic nitrogens is 2. The highest BCUT2D eigenvalue weighted by molar-refractivity contribution is 7.15. The van der Waals surface area contributed by atoms with Crippen molar-refractivity contribution in [2.75, 3.05) is 0 Å². The molecule has 0 amide bonds. The number of thiazole rings is 1. The van der Waals surface area contributed by atoms with Gasteiger partial charge in [0.1, 0.15) is 10.7 Å². The minimum atomic E-state index is -0.116. The Kier molecular flexibility index (Phi) is 1.51. The van der Waals surface area contributed by atoms with Gasteiger partial charge in [-0.1, -0.05) is 0 Å². The van der Waals surface area contributed by atoms with E-state index in [0.717, 1.165) is 16.2 Å². The Labute approximate surface area is 73.3 Å². The molecule has 0 aliphatic heterocycles. The summed E-state index contributed by atoms with van der Waals surface area (Å²) in [4.78, 5) is 16.1. The summed E-state index contributed by atoms with van der Waals surface area (Å²) < 4.78 is 1.93. The van der Waals surface area contributed by atoms with Crippen molar-refractivity contribution in [2.24, 2.45) is 0 Å². The fourth-order valence-electron chi connectivity index (χ4n) is 1.18. The smallest absolute Gasteiger partial charge is 0.277 e. The molecule has 2 aromatic heterocycles. The van der Waals surface area contributed by atoms with Crippen LogP contribution in [0.1, 0.15) is 11.4 Å². The zero-order valence-electron chi connectivity index (χ0n) is 6.87. The Morgan fingerprint density at radius 1 is 1.50 bits per heavy atom. The first kappa shape index (κ1) is 7.49. The summed E-state index contributed by atoms with van der Waals surface area (Å²) in [5.74, 6) is 0.752. The van der Waals surface area contributed by atoms with Gasteiger partial charge in [-0.3, -0.25) is 9.20 Å². The molecule has 0 bridgehead atoms. The highest BCUT2D eigenvalue weighted by atomic mass is 32.1. The maximum absolute atomic E-state index is 11.2. The molecule has 0 aromatic carbocycles. The second-order valence-electron chi connectivity index (χ2n) is 2.67. The summed E-state index contributed by atoms with van der Waals surface area (Å²) in [5.41, 5.74) is 0.616. The summed E-state index contributed by atoms with van der Waals surface area (Å²) in [7, 11) is 0. The lowest BCUT2D eigenvalue weighted by atomic mass is 10.4. The molecule has 0 N–H and O–H groups in total. The van der Waals surface area contributed by atoms with Gasteiger partial charge in [-0.25, -0.2) is 0 Å². The average Bonchev–Trinajstić information content (AvgIpc) is 2.48. The van der Waals surface area contributed by atoms with Crippen LogP contribution in [0.25, 0.3) is 4.83 Å². The number of fused-ring (bicyclic) bond motifs is 1. The molecule has 0 saturated heterocycles. The van der Waals surface area contributed by atoms with Crippen LogP contribution >= 0.6 is 11.3 Å². The summed E-state index contributed by atoms with van der Waals surface area (Å²) in [6.07, 6.45) is 1.93. The first-order valence-corrected chi connectivity index (χ1v) is 4.51. The molecule has 0 aliphatic rings. The van der Waals surface area contributed by atoms with E-state index in [9.17, 15) is 4.79 Å². The molecule has 62 valence electrons. The van der Waals surface area contributed by atoms with Gasteiger partial charge in [0.2, 0.25) is 0 Å². The Morgan fingerprint density at radius 2 is 2.25 bits per heavy atom. The van der Waals surface area contributed by atoms with Crippen LogP contribution in [0, 0.1) is 13.8 Å². The van der Waals surface area contributed by atoms with Crippen molar-refractivity contribution in [2.45, 2.75) is 13.8 Å². The van der Waals surface area contributed by atoms with Crippen LogP contribution in [0.3, 0.4) is 0 Å². The molecule has 4 heteroatoms. The fourth-order valence-corrected chi connectivity index (χ4v) is 2.06. The number of hydrogen-bond donors (Lipinski definition) is 0. The molecule has 2 heterocycles. The van der Waals surface area contributed by atoms with Gasteiger partial charge in [0.25, 0.3) is 5.56 Å². The van der Waals surface area contributed by atoms with Crippen LogP contribution in [0.15, 0.2) is 16.4 Å². The Hall–Kier alpha value is -1.16. The molecular formula is C8H8N2OS. The molecule has 12 heavy (non-hydrogen) atoms. The molecule has 3 nitrogen and oxygen atoms in total.